The monoisotopic (exact) mass is 203 g/mol. The van der Waals surface area contributed by atoms with Gasteiger partial charge in [-0.15, -0.1) is 6.58 Å². The Labute approximate surface area is 93.3 Å². The van der Waals surface area contributed by atoms with E-state index in [0.717, 1.165) is 6.42 Å². The highest BCUT2D eigenvalue weighted by molar-refractivity contribution is 5.29. The molecule has 0 amide bonds. The minimum Gasteiger partial charge on any atom is -0.304 e. The Balaban J connectivity index is 2.49. The first-order valence-corrected chi connectivity index (χ1v) is 5.55. The highest BCUT2D eigenvalue weighted by Gasteiger charge is 2.21. The van der Waals surface area contributed by atoms with Crippen LogP contribution in [-0.2, 0) is 0 Å². The van der Waals surface area contributed by atoms with Gasteiger partial charge in [0.2, 0.25) is 0 Å². The summed E-state index contributed by atoms with van der Waals surface area (Å²) in [5.74, 6) is 0. The van der Waals surface area contributed by atoms with Gasteiger partial charge in [0.15, 0.2) is 0 Å². The largest absolute Gasteiger partial charge is 0.304 e. The quantitative estimate of drug-likeness (QED) is 0.545. The third kappa shape index (κ3) is 3.52. The fraction of sp³-hybridized carbons (Fsp3) is 0.429. The number of rotatable bonds is 4. The van der Waals surface area contributed by atoms with Crippen molar-refractivity contribution >= 4 is 0 Å². The Morgan fingerprint density at radius 2 is 2.07 bits per heavy atom. The van der Waals surface area contributed by atoms with Crippen molar-refractivity contribution in [2.45, 2.75) is 38.8 Å². The second kappa shape index (κ2) is 5.72. The van der Waals surface area contributed by atoms with E-state index >= 15 is 0 Å². The highest BCUT2D eigenvalue weighted by atomic mass is 15.0. The van der Waals surface area contributed by atoms with Crippen LogP contribution in [0.2, 0.25) is 0 Å². The van der Waals surface area contributed by atoms with Crippen molar-refractivity contribution in [1.82, 2.24) is 5.32 Å². The maximum atomic E-state index is 4.10. The number of allylic oxidation sites excluding steroid dienone is 3. The molecular formula is C14H21N. The molecule has 0 aromatic carbocycles. The summed E-state index contributed by atoms with van der Waals surface area (Å²) in [6.07, 6.45) is 10.6. The first-order chi connectivity index (χ1) is 7.17. The van der Waals surface area contributed by atoms with Crippen LogP contribution in [0.25, 0.3) is 0 Å². The molecule has 82 valence electrons. The van der Waals surface area contributed by atoms with Gasteiger partial charge in [-0.3, -0.25) is 0 Å². The standard InChI is InChI=1S/C14H21N/c1-5-11(3)7-8-12(4)14-10-9-13(6-2)15-14/h5-8,13-15H,2,4,9-10H2,1,3H3/b8-7-,11-5-/t13-,14-/m0/s1. The molecule has 0 saturated carbocycles. The maximum absolute atomic E-state index is 4.10. The molecule has 1 aliphatic heterocycles. The van der Waals surface area contributed by atoms with Crippen molar-refractivity contribution in [3.8, 4) is 0 Å². The highest BCUT2D eigenvalue weighted by Crippen LogP contribution is 2.19. The van der Waals surface area contributed by atoms with E-state index in [2.05, 4.69) is 43.6 Å². The normalized spacial score (nSPS) is 27.2. The molecule has 1 nitrogen and oxygen atoms in total. The Morgan fingerprint density at radius 3 is 2.60 bits per heavy atom. The molecule has 2 atom stereocenters. The Hall–Kier alpha value is -1.08. The molecule has 1 heterocycles. The van der Waals surface area contributed by atoms with E-state index in [0.29, 0.717) is 12.1 Å². The van der Waals surface area contributed by atoms with Crippen molar-refractivity contribution in [3.05, 3.63) is 48.6 Å². The summed E-state index contributed by atoms with van der Waals surface area (Å²) in [6, 6.07) is 0.886. The third-order valence-electron chi connectivity index (χ3n) is 2.93. The van der Waals surface area contributed by atoms with E-state index in [1.165, 1.54) is 17.6 Å². The lowest BCUT2D eigenvalue weighted by Crippen LogP contribution is -2.28. The molecule has 1 fully saturated rings. The zero-order valence-electron chi connectivity index (χ0n) is 9.79. The van der Waals surface area contributed by atoms with Crippen LogP contribution < -0.4 is 5.32 Å². The number of nitrogens with one attached hydrogen (secondary N) is 1. The zero-order valence-corrected chi connectivity index (χ0v) is 9.79. The van der Waals surface area contributed by atoms with Crippen LogP contribution in [-0.4, -0.2) is 12.1 Å². The van der Waals surface area contributed by atoms with Gasteiger partial charge < -0.3 is 5.32 Å². The number of hydrogen-bond donors (Lipinski definition) is 1. The maximum Gasteiger partial charge on any atom is 0.0320 e. The second-order valence-corrected chi connectivity index (χ2v) is 4.08. The Morgan fingerprint density at radius 1 is 1.33 bits per heavy atom. The van der Waals surface area contributed by atoms with Gasteiger partial charge in [-0.2, -0.15) is 0 Å². The predicted molar refractivity (Wildman–Crippen MR) is 67.9 cm³/mol. The lowest BCUT2D eigenvalue weighted by Gasteiger charge is -2.11. The minimum atomic E-state index is 0.425. The molecule has 0 aliphatic carbocycles. The van der Waals surface area contributed by atoms with Crippen LogP contribution >= 0.6 is 0 Å². The zero-order chi connectivity index (χ0) is 11.3. The van der Waals surface area contributed by atoms with Crippen LogP contribution in [0, 0.1) is 0 Å². The van der Waals surface area contributed by atoms with Gasteiger partial charge in [0.1, 0.15) is 0 Å². The van der Waals surface area contributed by atoms with Crippen LogP contribution in [0.5, 0.6) is 0 Å². The summed E-state index contributed by atoms with van der Waals surface area (Å²) >= 11 is 0. The van der Waals surface area contributed by atoms with Gasteiger partial charge in [-0.25, -0.2) is 0 Å². The van der Waals surface area contributed by atoms with Crippen LogP contribution in [0.1, 0.15) is 26.7 Å². The van der Waals surface area contributed by atoms with Gasteiger partial charge in [-0.1, -0.05) is 36.5 Å². The van der Waals surface area contributed by atoms with Gasteiger partial charge in [-0.05, 0) is 32.3 Å². The molecule has 0 bridgehead atoms. The van der Waals surface area contributed by atoms with Crippen molar-refractivity contribution < 1.29 is 0 Å². The lowest BCUT2D eigenvalue weighted by atomic mass is 10.1. The molecule has 0 unspecified atom stereocenters. The van der Waals surface area contributed by atoms with E-state index in [1.807, 2.05) is 13.0 Å². The van der Waals surface area contributed by atoms with Gasteiger partial charge in [0.25, 0.3) is 0 Å². The third-order valence-corrected chi connectivity index (χ3v) is 2.93. The van der Waals surface area contributed by atoms with Crippen molar-refractivity contribution in [2.75, 3.05) is 0 Å². The fourth-order valence-electron chi connectivity index (χ4n) is 1.70. The summed E-state index contributed by atoms with van der Waals surface area (Å²) in [5.41, 5.74) is 2.44. The number of hydrogen-bond acceptors (Lipinski definition) is 1. The van der Waals surface area contributed by atoms with E-state index < -0.39 is 0 Å². The average molecular weight is 203 g/mol. The van der Waals surface area contributed by atoms with Crippen LogP contribution in [0.3, 0.4) is 0 Å². The van der Waals surface area contributed by atoms with E-state index in [-0.39, 0.29) is 0 Å². The molecular weight excluding hydrogens is 182 g/mol. The molecule has 0 spiro atoms. The molecule has 1 rings (SSSR count). The molecule has 1 N–H and O–H groups in total. The summed E-state index contributed by atoms with van der Waals surface area (Å²) in [7, 11) is 0. The summed E-state index contributed by atoms with van der Waals surface area (Å²) in [6.45, 7) is 12.0. The van der Waals surface area contributed by atoms with E-state index in [1.54, 1.807) is 0 Å². The van der Waals surface area contributed by atoms with Gasteiger partial charge in [0.05, 0.1) is 0 Å². The summed E-state index contributed by atoms with van der Waals surface area (Å²) in [4.78, 5) is 0. The molecule has 0 aromatic heterocycles. The molecule has 1 saturated heterocycles. The fourth-order valence-corrected chi connectivity index (χ4v) is 1.70. The molecule has 0 aromatic rings. The summed E-state index contributed by atoms with van der Waals surface area (Å²) in [5, 5.41) is 3.49. The van der Waals surface area contributed by atoms with Crippen LogP contribution in [0.15, 0.2) is 48.6 Å². The smallest absolute Gasteiger partial charge is 0.0320 e. The van der Waals surface area contributed by atoms with E-state index in [4.69, 9.17) is 0 Å². The van der Waals surface area contributed by atoms with Gasteiger partial charge >= 0.3 is 0 Å². The molecule has 1 aliphatic rings. The predicted octanol–water partition coefficient (Wildman–Crippen LogP) is 3.37. The SMILES string of the molecule is C=C[C@H]1CC[C@@H](C(=C)/C=C\C(C)=C/C)N1. The minimum absolute atomic E-state index is 0.425. The lowest BCUT2D eigenvalue weighted by molar-refractivity contribution is 0.657. The van der Waals surface area contributed by atoms with Crippen molar-refractivity contribution in [3.63, 3.8) is 0 Å². The summed E-state index contributed by atoms with van der Waals surface area (Å²) < 4.78 is 0. The van der Waals surface area contributed by atoms with Gasteiger partial charge in [0, 0.05) is 12.1 Å². The Kier molecular flexibility index (Phi) is 4.57. The van der Waals surface area contributed by atoms with Crippen molar-refractivity contribution in [2.24, 2.45) is 0 Å². The van der Waals surface area contributed by atoms with Crippen LogP contribution in [0.4, 0.5) is 0 Å². The second-order valence-electron chi connectivity index (χ2n) is 4.08. The molecule has 1 heteroatoms. The Bertz CT molecular complexity index is 296. The van der Waals surface area contributed by atoms with Crippen molar-refractivity contribution in [1.29, 1.82) is 0 Å². The topological polar surface area (TPSA) is 12.0 Å². The first-order valence-electron chi connectivity index (χ1n) is 5.55. The molecule has 0 radical (unpaired) electrons. The van der Waals surface area contributed by atoms with E-state index in [9.17, 15) is 0 Å². The first kappa shape index (κ1) is 12.0. The average Bonchev–Trinajstić information content (AvgIpc) is 2.73. The molecule has 15 heavy (non-hydrogen) atoms.